The standard InChI is InChI=1S/C15H22N2O2/c1-11-5-6-14(12(2)8-11)19-10-15(18)17-7-3-4-13(16)9-17/h5-6,8,13H,3-4,7,9-10,16H2,1-2H3. The van der Waals surface area contributed by atoms with Gasteiger partial charge in [0.2, 0.25) is 0 Å². The molecule has 2 rings (SSSR count). The predicted molar refractivity (Wildman–Crippen MR) is 75.2 cm³/mol. The van der Waals surface area contributed by atoms with Crippen molar-refractivity contribution in [1.29, 1.82) is 0 Å². The first kappa shape index (κ1) is 13.9. The Hall–Kier alpha value is -1.55. The SMILES string of the molecule is Cc1ccc(OCC(=O)N2CCCC(N)C2)c(C)c1. The monoisotopic (exact) mass is 262 g/mol. The van der Waals surface area contributed by atoms with E-state index in [2.05, 4.69) is 6.07 Å². The molecule has 19 heavy (non-hydrogen) atoms. The lowest BCUT2D eigenvalue weighted by Gasteiger charge is -2.30. The Bertz CT molecular complexity index is 459. The molecule has 2 N–H and O–H groups in total. The highest BCUT2D eigenvalue weighted by atomic mass is 16.5. The Morgan fingerprint density at radius 2 is 2.26 bits per heavy atom. The molecule has 0 saturated carbocycles. The summed E-state index contributed by atoms with van der Waals surface area (Å²) in [5.74, 6) is 0.801. The molecule has 1 atom stereocenters. The number of nitrogens with zero attached hydrogens (tertiary/aromatic N) is 1. The molecule has 0 aliphatic carbocycles. The minimum Gasteiger partial charge on any atom is -0.484 e. The van der Waals surface area contributed by atoms with Gasteiger partial charge in [0.25, 0.3) is 5.91 Å². The second kappa shape index (κ2) is 6.06. The highest BCUT2D eigenvalue weighted by Crippen LogP contribution is 2.19. The first-order valence-corrected chi connectivity index (χ1v) is 6.79. The Morgan fingerprint density at radius 3 is 2.95 bits per heavy atom. The molecular weight excluding hydrogens is 240 g/mol. The van der Waals surface area contributed by atoms with Crippen LogP contribution in [-0.2, 0) is 4.79 Å². The van der Waals surface area contributed by atoms with Crippen LogP contribution in [0.5, 0.6) is 5.75 Å². The number of amides is 1. The minimum absolute atomic E-state index is 0.0233. The van der Waals surface area contributed by atoms with Crippen LogP contribution in [0.1, 0.15) is 24.0 Å². The Morgan fingerprint density at radius 1 is 1.47 bits per heavy atom. The fourth-order valence-electron chi connectivity index (χ4n) is 2.43. The first-order valence-electron chi connectivity index (χ1n) is 6.79. The third-order valence-corrected chi connectivity index (χ3v) is 3.49. The van der Waals surface area contributed by atoms with Gasteiger partial charge in [-0.05, 0) is 38.3 Å². The molecule has 1 unspecified atom stereocenters. The summed E-state index contributed by atoms with van der Waals surface area (Å²) >= 11 is 0. The van der Waals surface area contributed by atoms with E-state index in [0.717, 1.165) is 30.7 Å². The Kier molecular flexibility index (Phi) is 4.43. The Labute approximate surface area is 114 Å². The molecule has 1 fully saturated rings. The second-order valence-corrected chi connectivity index (χ2v) is 5.30. The summed E-state index contributed by atoms with van der Waals surface area (Å²) in [5.41, 5.74) is 8.13. The van der Waals surface area contributed by atoms with Crippen molar-refractivity contribution in [3.63, 3.8) is 0 Å². The van der Waals surface area contributed by atoms with Crippen LogP contribution in [0.25, 0.3) is 0 Å². The van der Waals surface area contributed by atoms with Crippen LogP contribution in [0.3, 0.4) is 0 Å². The number of carbonyl (C=O) groups excluding carboxylic acids is 1. The summed E-state index contributed by atoms with van der Waals surface area (Å²) < 4.78 is 5.61. The lowest BCUT2D eigenvalue weighted by atomic mass is 10.1. The largest absolute Gasteiger partial charge is 0.484 e. The number of benzene rings is 1. The highest BCUT2D eigenvalue weighted by molar-refractivity contribution is 5.78. The predicted octanol–water partition coefficient (Wildman–Crippen LogP) is 1.63. The molecule has 1 aromatic carbocycles. The van der Waals surface area contributed by atoms with E-state index in [1.165, 1.54) is 5.56 Å². The number of rotatable bonds is 3. The van der Waals surface area contributed by atoms with Crippen LogP contribution >= 0.6 is 0 Å². The fourth-order valence-corrected chi connectivity index (χ4v) is 2.43. The molecule has 1 aliphatic heterocycles. The van der Waals surface area contributed by atoms with E-state index in [1.807, 2.05) is 26.0 Å². The molecule has 0 aromatic heterocycles. The summed E-state index contributed by atoms with van der Waals surface area (Å²) in [4.78, 5) is 13.8. The number of nitrogens with two attached hydrogens (primary N) is 1. The number of aryl methyl sites for hydroxylation is 2. The van der Waals surface area contributed by atoms with Crippen LogP contribution < -0.4 is 10.5 Å². The van der Waals surface area contributed by atoms with Crippen molar-refractivity contribution in [2.45, 2.75) is 32.7 Å². The van der Waals surface area contributed by atoms with Crippen molar-refractivity contribution >= 4 is 5.91 Å². The van der Waals surface area contributed by atoms with Gasteiger partial charge in [0, 0.05) is 19.1 Å². The second-order valence-electron chi connectivity index (χ2n) is 5.30. The van der Waals surface area contributed by atoms with Crippen molar-refractivity contribution in [2.24, 2.45) is 5.73 Å². The summed E-state index contributed by atoms with van der Waals surface area (Å²) in [6, 6.07) is 6.07. The maximum atomic E-state index is 12.0. The zero-order valence-corrected chi connectivity index (χ0v) is 11.7. The third-order valence-electron chi connectivity index (χ3n) is 3.49. The van der Waals surface area contributed by atoms with Crippen molar-refractivity contribution < 1.29 is 9.53 Å². The molecule has 0 spiro atoms. The van der Waals surface area contributed by atoms with Gasteiger partial charge in [-0.25, -0.2) is 0 Å². The van der Waals surface area contributed by atoms with E-state index in [1.54, 1.807) is 4.90 Å². The van der Waals surface area contributed by atoms with E-state index in [0.29, 0.717) is 6.54 Å². The molecule has 0 bridgehead atoms. The van der Waals surface area contributed by atoms with Crippen molar-refractivity contribution in [3.8, 4) is 5.75 Å². The molecular formula is C15H22N2O2. The quantitative estimate of drug-likeness (QED) is 0.901. The number of hydrogen-bond donors (Lipinski definition) is 1. The number of likely N-dealkylation sites (tertiary alicyclic amines) is 1. The normalized spacial score (nSPS) is 19.3. The van der Waals surface area contributed by atoms with E-state index < -0.39 is 0 Å². The third kappa shape index (κ3) is 3.70. The van der Waals surface area contributed by atoms with E-state index in [4.69, 9.17) is 10.5 Å². The van der Waals surface area contributed by atoms with Crippen LogP contribution in [-0.4, -0.2) is 36.5 Å². The zero-order valence-electron chi connectivity index (χ0n) is 11.7. The van der Waals surface area contributed by atoms with Gasteiger partial charge in [0.05, 0.1) is 0 Å². The number of piperidine rings is 1. The van der Waals surface area contributed by atoms with E-state index in [-0.39, 0.29) is 18.6 Å². The summed E-state index contributed by atoms with van der Waals surface area (Å²) in [6.07, 6.45) is 1.98. The lowest BCUT2D eigenvalue weighted by Crippen LogP contribution is -2.47. The van der Waals surface area contributed by atoms with E-state index >= 15 is 0 Å². The van der Waals surface area contributed by atoms with Crippen molar-refractivity contribution in [1.82, 2.24) is 4.90 Å². The van der Waals surface area contributed by atoms with Gasteiger partial charge in [-0.15, -0.1) is 0 Å². The van der Waals surface area contributed by atoms with Crippen LogP contribution in [0, 0.1) is 13.8 Å². The summed E-state index contributed by atoms with van der Waals surface area (Å²) in [7, 11) is 0. The van der Waals surface area contributed by atoms with Crippen molar-refractivity contribution in [2.75, 3.05) is 19.7 Å². The van der Waals surface area contributed by atoms with Gasteiger partial charge >= 0.3 is 0 Å². The van der Waals surface area contributed by atoms with Crippen molar-refractivity contribution in [3.05, 3.63) is 29.3 Å². The van der Waals surface area contributed by atoms with Crippen LogP contribution in [0.15, 0.2) is 18.2 Å². The average molecular weight is 262 g/mol. The van der Waals surface area contributed by atoms with E-state index in [9.17, 15) is 4.79 Å². The lowest BCUT2D eigenvalue weighted by molar-refractivity contribution is -0.134. The maximum Gasteiger partial charge on any atom is 0.260 e. The minimum atomic E-state index is 0.0233. The average Bonchev–Trinajstić information content (AvgIpc) is 2.37. The summed E-state index contributed by atoms with van der Waals surface area (Å²) in [6.45, 7) is 5.56. The molecule has 0 radical (unpaired) electrons. The topological polar surface area (TPSA) is 55.6 Å². The Balaban J connectivity index is 1.89. The van der Waals surface area contributed by atoms with Gasteiger partial charge in [-0.3, -0.25) is 4.79 Å². The molecule has 4 nitrogen and oxygen atoms in total. The molecule has 1 heterocycles. The number of carbonyl (C=O) groups is 1. The molecule has 1 aromatic rings. The molecule has 1 amide bonds. The van der Waals surface area contributed by atoms with Gasteiger partial charge in [-0.1, -0.05) is 17.7 Å². The molecule has 104 valence electrons. The zero-order chi connectivity index (χ0) is 13.8. The molecule has 4 heteroatoms. The van der Waals surface area contributed by atoms with Gasteiger partial charge < -0.3 is 15.4 Å². The fraction of sp³-hybridized carbons (Fsp3) is 0.533. The maximum absolute atomic E-state index is 12.0. The summed E-state index contributed by atoms with van der Waals surface area (Å²) in [5, 5.41) is 0. The highest BCUT2D eigenvalue weighted by Gasteiger charge is 2.21. The van der Waals surface area contributed by atoms with Crippen LogP contribution in [0.4, 0.5) is 0 Å². The van der Waals surface area contributed by atoms with Gasteiger partial charge in [0.1, 0.15) is 5.75 Å². The van der Waals surface area contributed by atoms with Gasteiger partial charge in [0.15, 0.2) is 6.61 Å². The number of hydrogen-bond acceptors (Lipinski definition) is 3. The van der Waals surface area contributed by atoms with Gasteiger partial charge in [-0.2, -0.15) is 0 Å². The smallest absolute Gasteiger partial charge is 0.260 e. The first-order chi connectivity index (χ1) is 9.06. The molecule has 1 saturated heterocycles. The van der Waals surface area contributed by atoms with Crippen LogP contribution in [0.2, 0.25) is 0 Å². The molecule has 1 aliphatic rings. The number of ether oxygens (including phenoxy) is 1.